The molecule has 4 N–H and O–H groups in total. The van der Waals surface area contributed by atoms with Crippen molar-refractivity contribution in [1.82, 2.24) is 39.2 Å². The number of carbonyl (C=O) groups is 2. The molecule has 0 unspecified atom stereocenters. The summed E-state index contributed by atoms with van der Waals surface area (Å²) in [4.78, 5) is 75.5. The van der Waals surface area contributed by atoms with Gasteiger partial charge in [-0.2, -0.15) is 0 Å². The summed E-state index contributed by atoms with van der Waals surface area (Å²) in [6.07, 6.45) is 23.7. The van der Waals surface area contributed by atoms with E-state index in [9.17, 15) is 46.7 Å². The van der Waals surface area contributed by atoms with Crippen molar-refractivity contribution in [2.75, 3.05) is 88.5 Å². The molecule has 18 rings (SSSR count). The fraction of sp³-hybridized carbons (Fsp3) is 0.434. The van der Waals surface area contributed by atoms with Crippen LogP contribution in [0.5, 0.6) is 34.5 Å². The van der Waals surface area contributed by atoms with E-state index in [-0.39, 0.29) is 68.2 Å². The van der Waals surface area contributed by atoms with Crippen molar-refractivity contribution in [3.8, 4) is 34.5 Å². The zero-order chi connectivity index (χ0) is 90.2. The molecule has 6 aromatic carbocycles. The molecule has 8 heterocycles. The number of allylic oxidation sites excluding steroid dienone is 2. The van der Waals surface area contributed by atoms with Gasteiger partial charge >= 0.3 is 0 Å². The fourth-order valence-electron chi connectivity index (χ4n) is 20.3. The first-order valence-corrected chi connectivity index (χ1v) is 49.0. The number of anilines is 2. The molecule has 0 bridgehead atoms. The summed E-state index contributed by atoms with van der Waals surface area (Å²) in [7, 11) is -9.22. The van der Waals surface area contributed by atoms with Gasteiger partial charge in [0.25, 0.3) is 43.2 Å². The Morgan fingerprint density at radius 1 is 0.519 bits per heavy atom. The largest absolute Gasteiger partial charge is 0.493 e. The van der Waals surface area contributed by atoms with Crippen molar-refractivity contribution in [2.24, 2.45) is 46.3 Å². The molecule has 2 saturated heterocycles. The van der Waals surface area contributed by atoms with E-state index in [0.717, 1.165) is 199 Å². The van der Waals surface area contributed by atoms with Crippen LogP contribution in [0.4, 0.5) is 22.7 Å². The number of ether oxygens (including phenoxy) is 4. The van der Waals surface area contributed by atoms with Gasteiger partial charge in [-0.15, -0.1) is 0 Å². The highest BCUT2D eigenvalue weighted by Gasteiger charge is 2.40. The smallest absolute Gasteiger partial charge is 0.277 e. The Balaban J connectivity index is 0.000000181. The molecule has 2 atom stereocenters. The lowest BCUT2D eigenvalue weighted by atomic mass is 9.72. The zero-order valence-electron chi connectivity index (χ0n) is 73.8. The highest BCUT2D eigenvalue weighted by Crippen LogP contribution is 2.49. The maximum atomic E-state index is 14.1. The van der Waals surface area contributed by atoms with Crippen LogP contribution in [0.15, 0.2) is 179 Å². The van der Waals surface area contributed by atoms with Crippen LogP contribution >= 0.6 is 23.2 Å². The molecule has 2 amide bonds. The van der Waals surface area contributed by atoms with Gasteiger partial charge in [0.2, 0.25) is 0 Å². The van der Waals surface area contributed by atoms with E-state index in [1.54, 1.807) is 60.9 Å². The second-order valence-corrected chi connectivity index (χ2v) is 42.6. The number of hydrogen-bond acceptors (Lipinski definition) is 20. The molecular formula is C99H112Cl2N12O14S2. The summed E-state index contributed by atoms with van der Waals surface area (Å²) in [5, 5.41) is 27.9. The van der Waals surface area contributed by atoms with Gasteiger partial charge < -0.3 is 38.7 Å². The monoisotopic (exact) mass is 1830 g/mol. The van der Waals surface area contributed by atoms with Gasteiger partial charge in [-0.25, -0.2) is 36.2 Å². The number of sulfonamides is 2. The Labute approximate surface area is 763 Å². The van der Waals surface area contributed by atoms with E-state index in [1.807, 2.05) is 36.4 Å². The lowest BCUT2D eigenvalue weighted by molar-refractivity contribution is -0.386. The number of nitrogens with zero attached hydrogens (tertiary/aromatic N) is 8. The number of benzene rings is 6. The van der Waals surface area contributed by atoms with Crippen LogP contribution in [-0.4, -0.2) is 147 Å². The van der Waals surface area contributed by atoms with Crippen molar-refractivity contribution in [3.05, 3.63) is 233 Å². The number of nitrogens with one attached hydrogen (secondary N) is 4. The molecule has 26 nitrogen and oxygen atoms in total. The van der Waals surface area contributed by atoms with Gasteiger partial charge in [-0.3, -0.25) is 39.6 Å². The third-order valence-corrected chi connectivity index (χ3v) is 31.0. The van der Waals surface area contributed by atoms with Crippen molar-refractivity contribution in [1.29, 1.82) is 0 Å². The number of halogens is 2. The molecule has 129 heavy (non-hydrogen) atoms. The number of rotatable bonds is 23. The maximum Gasteiger partial charge on any atom is 0.277 e. The van der Waals surface area contributed by atoms with Crippen molar-refractivity contribution >= 4 is 111 Å². The van der Waals surface area contributed by atoms with Crippen molar-refractivity contribution in [3.63, 3.8) is 0 Å². The highest BCUT2D eigenvalue weighted by molar-refractivity contribution is 7.90. The quantitative estimate of drug-likeness (QED) is 0.0341. The topological polar surface area (TPSA) is 320 Å². The Kier molecular flexibility index (Phi) is 26.5. The van der Waals surface area contributed by atoms with Crippen molar-refractivity contribution < 1.29 is 55.2 Å². The second-order valence-electron chi connectivity index (χ2n) is 38.4. The average molecular weight is 1830 g/mol. The van der Waals surface area contributed by atoms with E-state index in [1.165, 1.54) is 70.8 Å². The number of piperazine rings is 2. The highest BCUT2D eigenvalue weighted by atomic mass is 35.5. The number of nitro groups is 2. The number of hydrogen-bond donors (Lipinski definition) is 4. The number of fused-ring (bicyclic) bond motifs is 4. The molecule has 4 aliphatic heterocycles. The fourth-order valence-corrected chi connectivity index (χ4v) is 22.5. The first-order valence-electron chi connectivity index (χ1n) is 45.2. The molecule has 0 spiro atoms. The van der Waals surface area contributed by atoms with Crippen LogP contribution in [-0.2, 0) is 32.9 Å². The second kappa shape index (κ2) is 37.9. The Hall–Kier alpha value is -10.9. The summed E-state index contributed by atoms with van der Waals surface area (Å²) < 4.78 is 85.0. The van der Waals surface area contributed by atoms with Crippen molar-refractivity contribution in [2.45, 2.75) is 160 Å². The van der Waals surface area contributed by atoms with E-state index < -0.39 is 51.5 Å². The van der Waals surface area contributed by atoms with Gasteiger partial charge in [-0.05, 0) is 206 Å². The normalized spacial score (nSPS) is 21.5. The number of amides is 2. The lowest BCUT2D eigenvalue weighted by Crippen LogP contribution is -2.47. The number of H-pyrrole nitrogens is 2. The number of nitro benzene ring substituents is 2. The summed E-state index contributed by atoms with van der Waals surface area (Å²) in [5.74, 6) is 1.94. The Morgan fingerprint density at radius 3 is 1.39 bits per heavy atom. The zero-order valence-corrected chi connectivity index (χ0v) is 77.0. The minimum absolute atomic E-state index is 0.0318. The van der Waals surface area contributed by atoms with Gasteiger partial charge in [0, 0.05) is 152 Å². The Morgan fingerprint density at radius 2 is 0.946 bits per heavy atom. The minimum Gasteiger partial charge on any atom is -0.493 e. The summed E-state index contributed by atoms with van der Waals surface area (Å²) in [5.41, 5.74) is 11.7. The van der Waals surface area contributed by atoms with E-state index in [0.29, 0.717) is 77.7 Å². The van der Waals surface area contributed by atoms with E-state index >= 15 is 0 Å². The molecule has 30 heteroatoms. The standard InChI is InChI=1S/C50H57ClN6O7S.C49H55ClN6O7S/c1-32-4-6-33(7-5-32)22-34-23-43-45(57(59)60)26-41(27-46(43)63-31-34)65(61,62)54-49(58)42-13-12-39(25-47(42)64-40-24-36-15-17-52-48(36)53-29-40)56-20-18-55(19-21-56)30-37-14-16-50(2,3)28-44(37)35-8-10-38(51)11-9-35;1-31-4-6-32(7-5-31)36-23-42-44(56(58)59)25-40(26-45(42)62-30-36)64(60,61)53-48(57)41-13-12-38(24-46(41)63-39-22-34-15-17-51-47(34)52-28-39)55-20-18-54(19-21-55)29-35-14-16-49(2,3)27-43(35)33-8-10-37(50)11-9-33/h8-13,15,17,24-27,29,32-34H,4-7,14,16,18-23,28,30-31H2,1-3H3,(H,52,53)(H,54,58);8-13,15,17,22,24-26,28,31-32,36H,4-7,14,16,18-21,23,27,29-30H2,1-3H3,(H,51,52)(H,53,57)/t32?,33?,34-;31?,32?,36-/m00/s1. The van der Waals surface area contributed by atoms with Crippen LogP contribution in [0.2, 0.25) is 10.0 Å². The van der Waals surface area contributed by atoms with Crippen LogP contribution in [0.1, 0.15) is 181 Å². The first kappa shape index (κ1) is 90.1. The number of pyridine rings is 2. The molecular weight excluding hydrogens is 1720 g/mol. The van der Waals surface area contributed by atoms with E-state index in [2.05, 4.69) is 115 Å². The predicted molar refractivity (Wildman–Crippen MR) is 502 cm³/mol. The molecule has 2 saturated carbocycles. The van der Waals surface area contributed by atoms with Crippen LogP contribution in [0.3, 0.4) is 0 Å². The summed E-state index contributed by atoms with van der Waals surface area (Å²) >= 11 is 12.5. The molecule has 10 aromatic rings. The molecule has 0 radical (unpaired) electrons. The molecule has 4 fully saturated rings. The summed E-state index contributed by atoms with van der Waals surface area (Å²) in [6.45, 7) is 22.5. The lowest BCUT2D eigenvalue weighted by Gasteiger charge is -2.39. The minimum atomic E-state index is -4.61. The number of aromatic nitrogens is 4. The van der Waals surface area contributed by atoms with Gasteiger partial charge in [0.1, 0.15) is 45.8 Å². The number of aromatic amines is 2. The third-order valence-electron chi connectivity index (χ3n) is 27.9. The number of carbonyl (C=O) groups excluding carboxylic acids is 2. The molecule has 4 aliphatic carbocycles. The van der Waals surface area contributed by atoms with Gasteiger partial charge in [-0.1, -0.05) is 139 Å². The SMILES string of the molecule is CC1CCC(C[C@@H]2COc3cc(S(=O)(=O)NC(=O)c4ccc(N5CCN(CC6=C(c7ccc(Cl)cc7)CC(C)(C)CC6)CC5)cc4Oc4cnc5[nH]ccc5c4)cc([N+](=O)[O-])c3C2)CC1.CC1CCC([C@@H]2COc3cc(S(=O)(=O)NC(=O)c4ccc(N5CCN(CC6=C(c7ccc(Cl)cc7)CC(C)(C)CC6)CC5)cc4Oc4cnc5[nH]ccc5c4)cc([N+](=O)[O-])c3C2)CC1. The average Bonchev–Trinajstić information content (AvgIpc) is 1.04. The third kappa shape index (κ3) is 21.1. The van der Waals surface area contributed by atoms with Gasteiger partial charge in [0.15, 0.2) is 0 Å². The van der Waals surface area contributed by atoms with Crippen LogP contribution in [0, 0.1) is 66.6 Å². The first-order chi connectivity index (χ1) is 61.8. The van der Waals surface area contributed by atoms with E-state index in [4.69, 9.17) is 42.1 Å². The summed E-state index contributed by atoms with van der Waals surface area (Å²) in [6, 6.07) is 38.5. The Bertz CT molecular complexity index is 6200. The molecule has 8 aliphatic rings. The van der Waals surface area contributed by atoms with Gasteiger partial charge in [0.05, 0.1) is 67.5 Å². The molecule has 4 aromatic heterocycles. The molecule has 678 valence electrons. The maximum absolute atomic E-state index is 14.1. The predicted octanol–water partition coefficient (Wildman–Crippen LogP) is 20.8. The van der Waals surface area contributed by atoms with Crippen LogP contribution < -0.4 is 38.2 Å². The van der Waals surface area contributed by atoms with Crippen LogP contribution in [0.25, 0.3) is 33.2 Å².